The summed E-state index contributed by atoms with van der Waals surface area (Å²) in [5, 5.41) is 0.374. The van der Waals surface area contributed by atoms with Gasteiger partial charge in [-0.25, -0.2) is 0 Å². The topological polar surface area (TPSA) is 0 Å². The molecule has 0 atom stereocenters. The minimum absolute atomic E-state index is 0.316. The molecule has 1 aromatic rings. The first-order chi connectivity index (χ1) is 6.84. The Morgan fingerprint density at radius 3 is 1.12 bits per heavy atom. The van der Waals surface area contributed by atoms with Crippen molar-refractivity contribution in [2.24, 2.45) is 0 Å². The van der Waals surface area contributed by atoms with E-state index in [1.165, 1.54) is 8.20 Å². The summed E-state index contributed by atoms with van der Waals surface area (Å²) in [6.07, 6.45) is 0. The molecule has 1 heteroatoms. The average Bonchev–Trinajstić information content (AvgIpc) is 2.54. The van der Waals surface area contributed by atoms with Crippen LogP contribution < -0.4 is 0 Å². The fraction of sp³-hybridized carbons (Fsp3) is 0.800. The molecular formula is C15H27P. The highest BCUT2D eigenvalue weighted by molar-refractivity contribution is 7.31. The molecule has 0 heterocycles. The van der Waals surface area contributed by atoms with Crippen molar-refractivity contribution in [3.05, 3.63) is 16.1 Å². The maximum Gasteiger partial charge on any atom is 0.00627 e. The third-order valence-corrected chi connectivity index (χ3v) is 3.95. The van der Waals surface area contributed by atoms with Gasteiger partial charge in [0.1, 0.15) is 0 Å². The molecule has 0 radical (unpaired) electrons. The minimum Gasteiger partial charge on any atom is -0.0899 e. The van der Waals surface area contributed by atoms with E-state index in [1.807, 2.05) is 0 Å². The van der Waals surface area contributed by atoms with E-state index in [0.29, 0.717) is 16.0 Å². The van der Waals surface area contributed by atoms with Crippen LogP contribution in [-0.4, -0.2) is 5.16 Å². The molecule has 0 fully saturated rings. The molecule has 0 aromatic heterocycles. The van der Waals surface area contributed by atoms with Crippen LogP contribution in [0.4, 0.5) is 0 Å². The van der Waals surface area contributed by atoms with Crippen LogP contribution in [0.2, 0.25) is 0 Å². The van der Waals surface area contributed by atoms with Crippen LogP contribution in [-0.2, 0) is 10.8 Å². The first kappa shape index (κ1) is 14.0. The quantitative estimate of drug-likeness (QED) is 0.528. The highest BCUT2D eigenvalue weighted by Gasteiger charge is 2.36. The van der Waals surface area contributed by atoms with Crippen molar-refractivity contribution in [1.82, 2.24) is 0 Å². The first-order valence-corrected chi connectivity index (χ1v) is 7.09. The van der Waals surface area contributed by atoms with Crippen molar-refractivity contribution < 1.29 is 0 Å². The van der Waals surface area contributed by atoms with Gasteiger partial charge in [0.05, 0.1) is 0 Å². The molecule has 1 rings (SSSR count). The second kappa shape index (κ2) is 3.70. The zero-order valence-corrected chi connectivity index (χ0v) is 13.3. The molecule has 0 bridgehead atoms. The molecule has 92 valence electrons. The van der Waals surface area contributed by atoms with E-state index in [4.69, 9.17) is 0 Å². The van der Waals surface area contributed by atoms with Gasteiger partial charge in [-0.3, -0.25) is 0 Å². The Labute approximate surface area is 103 Å². The zero-order chi connectivity index (χ0) is 12.9. The molecule has 0 aliphatic carbocycles. The Hall–Kier alpha value is -0.0900. The fourth-order valence-corrected chi connectivity index (χ4v) is 3.82. The van der Waals surface area contributed by atoms with E-state index >= 15 is 0 Å². The van der Waals surface area contributed by atoms with Gasteiger partial charge in [-0.1, -0.05) is 70.5 Å². The van der Waals surface area contributed by atoms with Crippen molar-refractivity contribution in [3.8, 4) is 0 Å². The molecule has 0 nitrogen and oxygen atoms in total. The van der Waals surface area contributed by atoms with Gasteiger partial charge in [0.15, 0.2) is 0 Å². The molecule has 0 N–H and O–H groups in total. The third kappa shape index (κ3) is 3.20. The SMILES string of the molecule is CC(C)(C)P=c1c(C(C)(C)C)c1C(C)(C)C. The minimum atomic E-state index is 0.316. The van der Waals surface area contributed by atoms with E-state index in [-0.39, 0.29) is 0 Å². The Morgan fingerprint density at radius 1 is 0.625 bits per heavy atom. The first-order valence-electron chi connectivity index (χ1n) is 6.20. The summed E-state index contributed by atoms with van der Waals surface area (Å²) in [4.78, 5) is 1.63. The molecule has 0 aliphatic rings. The second-order valence-electron chi connectivity index (χ2n) is 7.88. The highest BCUT2D eigenvalue weighted by atomic mass is 31.1. The molecule has 0 saturated heterocycles. The lowest BCUT2D eigenvalue weighted by atomic mass is 9.86. The molecule has 0 saturated carbocycles. The molecule has 0 unspecified atom stereocenters. The highest BCUT2D eigenvalue weighted by Crippen LogP contribution is 2.48. The fourth-order valence-electron chi connectivity index (χ4n) is 2.09. The molecule has 0 spiro atoms. The van der Waals surface area contributed by atoms with Crippen LogP contribution in [0.15, 0.2) is 0 Å². The van der Waals surface area contributed by atoms with Gasteiger partial charge in [0.25, 0.3) is 0 Å². The Balaban J connectivity index is 3.28. The van der Waals surface area contributed by atoms with Gasteiger partial charge in [-0.15, -0.1) is 0 Å². The van der Waals surface area contributed by atoms with Crippen molar-refractivity contribution in [2.45, 2.75) is 78.3 Å². The van der Waals surface area contributed by atoms with E-state index in [9.17, 15) is 0 Å². The van der Waals surface area contributed by atoms with E-state index in [2.05, 4.69) is 62.3 Å². The van der Waals surface area contributed by atoms with E-state index < -0.39 is 0 Å². The van der Waals surface area contributed by atoms with Crippen LogP contribution in [0.25, 0.3) is 0 Å². The largest absolute Gasteiger partial charge is 0.0899 e. The van der Waals surface area contributed by atoms with Gasteiger partial charge in [-0.05, 0) is 22.0 Å². The average molecular weight is 238 g/mol. The second-order valence-corrected chi connectivity index (χ2v) is 9.89. The van der Waals surface area contributed by atoms with Gasteiger partial charge < -0.3 is 0 Å². The lowest BCUT2D eigenvalue weighted by Gasteiger charge is -2.18. The summed E-state index contributed by atoms with van der Waals surface area (Å²) >= 11 is 0. The standard InChI is InChI=1S/C15H27P/c1-13(2,3)10-11(14(4,5)6)12(10)16-15(7,8)9/h1-9H3. The number of hydrogen-bond donors (Lipinski definition) is 0. The Morgan fingerprint density at radius 2 is 0.938 bits per heavy atom. The maximum absolute atomic E-state index is 2.33. The zero-order valence-electron chi connectivity index (χ0n) is 12.4. The Bertz CT molecular complexity index is 364. The van der Waals surface area contributed by atoms with Crippen LogP contribution in [0.3, 0.4) is 0 Å². The maximum atomic E-state index is 2.33. The van der Waals surface area contributed by atoms with Crippen molar-refractivity contribution in [1.29, 1.82) is 0 Å². The summed E-state index contributed by atoms with van der Waals surface area (Å²) in [7, 11) is 1.50. The van der Waals surface area contributed by atoms with Gasteiger partial charge in [0.2, 0.25) is 0 Å². The van der Waals surface area contributed by atoms with E-state index in [1.54, 1.807) is 16.1 Å². The van der Waals surface area contributed by atoms with Crippen LogP contribution in [0.5, 0.6) is 0 Å². The smallest absolute Gasteiger partial charge is 0.00627 e. The summed E-state index contributed by atoms with van der Waals surface area (Å²) in [5.41, 5.74) is 3.90. The molecular weight excluding hydrogens is 211 g/mol. The number of rotatable bonds is 0. The van der Waals surface area contributed by atoms with Crippen molar-refractivity contribution >= 4 is 8.20 Å². The summed E-state index contributed by atoms with van der Waals surface area (Å²) in [5.74, 6) is 0. The van der Waals surface area contributed by atoms with Crippen LogP contribution >= 0.6 is 8.20 Å². The number of hydrogen-bond acceptors (Lipinski definition) is 0. The van der Waals surface area contributed by atoms with Gasteiger partial charge in [-0.2, -0.15) is 0 Å². The monoisotopic (exact) mass is 238 g/mol. The normalized spacial score (nSPS) is 15.1. The molecule has 0 amide bonds. The van der Waals surface area contributed by atoms with Crippen LogP contribution in [0.1, 0.15) is 73.4 Å². The molecule has 1 aromatic carbocycles. The predicted molar refractivity (Wildman–Crippen MR) is 76.1 cm³/mol. The predicted octanol–water partition coefficient (Wildman–Crippen LogP) is 5.43. The third-order valence-electron chi connectivity index (χ3n) is 2.61. The summed E-state index contributed by atoms with van der Waals surface area (Å²) in [6, 6.07) is 0. The van der Waals surface area contributed by atoms with Crippen molar-refractivity contribution in [2.75, 3.05) is 0 Å². The molecule has 16 heavy (non-hydrogen) atoms. The lowest BCUT2D eigenvalue weighted by molar-refractivity contribution is 0.563. The van der Waals surface area contributed by atoms with Gasteiger partial charge >= 0.3 is 0 Å². The lowest BCUT2D eigenvalue weighted by Crippen LogP contribution is -2.12. The Kier molecular flexibility index (Phi) is 3.23. The van der Waals surface area contributed by atoms with Crippen molar-refractivity contribution in [3.63, 3.8) is 0 Å². The molecule has 0 aliphatic heterocycles. The van der Waals surface area contributed by atoms with E-state index in [0.717, 1.165) is 0 Å². The van der Waals surface area contributed by atoms with Crippen LogP contribution in [0, 0.1) is 4.94 Å². The summed E-state index contributed by atoms with van der Waals surface area (Å²) in [6.45, 7) is 21.0. The van der Waals surface area contributed by atoms with Gasteiger partial charge in [0, 0.05) is 10.1 Å². The summed E-state index contributed by atoms with van der Waals surface area (Å²) < 4.78 is 0.